The van der Waals surface area contributed by atoms with Gasteiger partial charge in [-0.3, -0.25) is 19.5 Å². The smallest absolute Gasteiger partial charge is 0.329 e. The number of sulfonamides is 2. The minimum Gasteiger partial charge on any atom is -0.329 e. The van der Waals surface area contributed by atoms with Gasteiger partial charge >= 0.3 is 12.1 Å². The number of aromatic nitrogens is 4. The van der Waals surface area contributed by atoms with E-state index >= 15 is 0 Å². The van der Waals surface area contributed by atoms with Crippen LogP contribution in [-0.2, 0) is 53.0 Å². The third-order valence-electron chi connectivity index (χ3n) is 13.1. The second kappa shape index (κ2) is 23.7. The molecule has 15 nitrogen and oxygen atoms in total. The molecule has 0 saturated carbocycles. The van der Waals surface area contributed by atoms with Crippen LogP contribution in [-0.4, -0.2) is 60.6 Å². The predicted molar refractivity (Wildman–Crippen MR) is 294 cm³/mol. The summed E-state index contributed by atoms with van der Waals surface area (Å²) >= 11 is 0. The van der Waals surface area contributed by atoms with Crippen LogP contribution in [0.1, 0.15) is 57.0 Å². The average molecular weight is 1120 g/mol. The average Bonchev–Trinajstić information content (AvgIpc) is 3.80. The Balaban J connectivity index is 0.998. The fourth-order valence-electron chi connectivity index (χ4n) is 9.60. The van der Waals surface area contributed by atoms with Gasteiger partial charge in [-0.1, -0.05) is 84.9 Å². The number of fused-ring (bicyclic) bond motifs is 1. The van der Waals surface area contributed by atoms with Crippen molar-refractivity contribution < 1.29 is 44.0 Å². The van der Waals surface area contributed by atoms with Gasteiger partial charge in [-0.15, -0.1) is 0 Å². The Morgan fingerprint density at radius 1 is 0.575 bits per heavy atom. The second-order valence-corrected chi connectivity index (χ2v) is 22.7. The lowest BCUT2D eigenvalue weighted by Crippen LogP contribution is -2.42. The molecular weight excluding hydrogens is 1070 g/mol. The van der Waals surface area contributed by atoms with Crippen LogP contribution < -0.4 is 20.1 Å². The molecule has 4 amide bonds. The van der Waals surface area contributed by atoms with Crippen LogP contribution >= 0.6 is 0 Å². The van der Waals surface area contributed by atoms with Crippen molar-refractivity contribution >= 4 is 43.0 Å². The van der Waals surface area contributed by atoms with Crippen LogP contribution in [0, 0.1) is 37.1 Å². The van der Waals surface area contributed by atoms with E-state index in [0.29, 0.717) is 51.1 Å². The van der Waals surface area contributed by atoms with Gasteiger partial charge in [0.25, 0.3) is 20.0 Å². The lowest BCUT2D eigenvalue weighted by Gasteiger charge is -2.24. The Hall–Kier alpha value is -8.79. The topological polar surface area (TPSA) is 197 Å². The van der Waals surface area contributed by atoms with Gasteiger partial charge in [-0.05, 0) is 127 Å². The van der Waals surface area contributed by atoms with E-state index in [1.54, 1.807) is 62.0 Å². The van der Waals surface area contributed by atoms with Crippen molar-refractivity contribution in [1.29, 1.82) is 0 Å². The number of carbonyl (C=O) groups is 2. The van der Waals surface area contributed by atoms with E-state index in [1.165, 1.54) is 30.5 Å². The summed E-state index contributed by atoms with van der Waals surface area (Å²) in [6.07, 6.45) is 2.97. The summed E-state index contributed by atoms with van der Waals surface area (Å²) in [6, 6.07) is 33.9. The highest BCUT2D eigenvalue weighted by Crippen LogP contribution is 2.34. The number of halogens is 4. The molecule has 9 rings (SSSR count). The summed E-state index contributed by atoms with van der Waals surface area (Å²) in [7, 11) is -5.06. The molecule has 21 heteroatoms. The molecule has 4 N–H and O–H groups in total. The second-order valence-electron chi connectivity index (χ2n) is 19.4. The summed E-state index contributed by atoms with van der Waals surface area (Å²) < 4.78 is 118. The van der Waals surface area contributed by atoms with E-state index in [0.717, 1.165) is 47.3 Å². The molecule has 80 heavy (non-hydrogen) atoms. The van der Waals surface area contributed by atoms with Crippen molar-refractivity contribution in [3.8, 4) is 22.3 Å². The highest BCUT2D eigenvalue weighted by atomic mass is 32.2. The third-order valence-corrected chi connectivity index (χ3v) is 16.1. The van der Waals surface area contributed by atoms with E-state index in [1.807, 2.05) is 72.7 Å². The Bertz CT molecular complexity index is 3990. The van der Waals surface area contributed by atoms with Crippen LogP contribution in [0.2, 0.25) is 0 Å². The largest absolute Gasteiger partial charge is 0.329 e. The first kappa shape index (κ1) is 55.9. The van der Waals surface area contributed by atoms with Crippen molar-refractivity contribution in [2.45, 2.75) is 61.7 Å². The monoisotopic (exact) mass is 1120 g/mol. The van der Waals surface area contributed by atoms with Crippen LogP contribution in [0.5, 0.6) is 0 Å². The zero-order valence-electron chi connectivity index (χ0n) is 43.6. The molecule has 0 aliphatic heterocycles. The van der Waals surface area contributed by atoms with Gasteiger partial charge in [0.2, 0.25) is 0 Å². The maximum atomic E-state index is 14.8. The van der Waals surface area contributed by atoms with Crippen LogP contribution in [0.4, 0.5) is 27.2 Å². The SMILES string of the molecule is Cc1ccccc1S(=O)(=O)NC(=O)N[C@@H](Cc1cc(F)cc(F)c1)c1ncccc1-c1ccc(CN(C)Cc2ccc(-c3ccc4cn(C)nc4c3)c([C@H](Cc3cc(F)cc(F)c3)NC(=O)NS(=O)(=O)c3ccccc3C)n2)cc1. The van der Waals surface area contributed by atoms with Crippen LogP contribution in [0.15, 0.2) is 174 Å². The van der Waals surface area contributed by atoms with Crippen molar-refractivity contribution in [2.24, 2.45) is 7.05 Å². The molecule has 0 radical (unpaired) electrons. The van der Waals surface area contributed by atoms with Gasteiger partial charge < -0.3 is 10.6 Å². The molecular formula is C59H53F4N9O6S2. The fraction of sp³-hybridized carbons (Fsp3) is 0.169. The Morgan fingerprint density at radius 2 is 1.09 bits per heavy atom. The van der Waals surface area contributed by atoms with Crippen molar-refractivity contribution in [3.63, 3.8) is 0 Å². The van der Waals surface area contributed by atoms with E-state index in [2.05, 4.69) is 30.2 Å². The normalized spacial score (nSPS) is 12.5. The number of urea groups is 2. The molecule has 2 atom stereocenters. The molecule has 3 aromatic heterocycles. The summed E-state index contributed by atoms with van der Waals surface area (Å²) in [4.78, 5) is 38.9. The molecule has 0 bridgehead atoms. The number of carbonyl (C=O) groups excluding carboxylic acids is 2. The summed E-state index contributed by atoms with van der Waals surface area (Å²) in [5.41, 5.74) is 6.14. The number of nitrogens with one attached hydrogen (secondary N) is 4. The molecule has 6 aromatic carbocycles. The minimum atomic E-state index is -4.38. The maximum Gasteiger partial charge on any atom is 0.329 e. The molecule has 0 unspecified atom stereocenters. The number of amides is 4. The number of aryl methyl sites for hydroxylation is 3. The van der Waals surface area contributed by atoms with E-state index in [4.69, 9.17) is 4.98 Å². The van der Waals surface area contributed by atoms with Crippen LogP contribution in [0.3, 0.4) is 0 Å². The van der Waals surface area contributed by atoms with Gasteiger partial charge in [-0.2, -0.15) is 5.10 Å². The zero-order valence-corrected chi connectivity index (χ0v) is 45.2. The first-order chi connectivity index (χ1) is 38.2. The highest BCUT2D eigenvalue weighted by Gasteiger charge is 2.28. The molecule has 0 aliphatic carbocycles. The minimum absolute atomic E-state index is 0.105. The third kappa shape index (κ3) is 13.5. The van der Waals surface area contributed by atoms with Crippen LogP contribution in [0.25, 0.3) is 33.2 Å². The number of benzene rings is 6. The summed E-state index contributed by atoms with van der Waals surface area (Å²) in [5, 5.41) is 10.9. The first-order valence-electron chi connectivity index (χ1n) is 25.0. The Labute approximate surface area is 459 Å². The van der Waals surface area contributed by atoms with Gasteiger partial charge in [0, 0.05) is 61.2 Å². The molecule has 0 aliphatic rings. The number of pyridine rings is 2. The van der Waals surface area contributed by atoms with E-state index in [-0.39, 0.29) is 51.7 Å². The van der Waals surface area contributed by atoms with Gasteiger partial charge in [0.05, 0.1) is 44.5 Å². The van der Waals surface area contributed by atoms with Crippen molar-refractivity contribution in [1.82, 2.24) is 44.7 Å². The molecule has 0 saturated heterocycles. The fourth-order valence-corrected chi connectivity index (χ4v) is 11.9. The Morgan fingerprint density at radius 3 is 1.64 bits per heavy atom. The number of hydrogen-bond donors (Lipinski definition) is 4. The summed E-state index contributed by atoms with van der Waals surface area (Å²) in [5.74, 6) is -3.38. The zero-order chi connectivity index (χ0) is 56.9. The van der Waals surface area contributed by atoms with Gasteiger partial charge in [0.1, 0.15) is 23.3 Å². The quantitative estimate of drug-likeness (QED) is 0.0600. The maximum absolute atomic E-state index is 14.8. The summed E-state index contributed by atoms with van der Waals surface area (Å²) in [6.45, 7) is 3.80. The molecule has 410 valence electrons. The molecule has 0 fully saturated rings. The van der Waals surface area contributed by atoms with Gasteiger partial charge in [0.15, 0.2) is 0 Å². The van der Waals surface area contributed by atoms with E-state index < -0.39 is 67.5 Å². The number of rotatable bonds is 18. The lowest BCUT2D eigenvalue weighted by molar-refractivity contribution is 0.240. The standard InChI is InChI=1S/C59H53F4N9O6S2/c1-36-10-5-7-13-54(36)79(75,76)69-58(73)66-52(28-39-24-44(60)31-45(61)25-39)56-49(12-9-23-64-56)41-17-15-38(16-18-41)33-71(3)35-48-21-22-50(42-19-20-43-34-72(4)68-51(43)30-42)57(65-48)53(29-40-26-46(62)32-47(63)27-40)67-59(74)70-80(77,78)55-14-8-6-11-37(55)2/h5-27,30-32,34,52-53H,28-29,33,35H2,1-4H3,(H2,66,69,73)(H2,67,70,74)/t52-,53-/m0/s1. The Kier molecular flexibility index (Phi) is 16.6. The first-order valence-corrected chi connectivity index (χ1v) is 28.0. The molecule has 3 heterocycles. The van der Waals surface area contributed by atoms with Crippen molar-refractivity contribution in [2.75, 3.05) is 7.05 Å². The van der Waals surface area contributed by atoms with Crippen molar-refractivity contribution in [3.05, 3.63) is 232 Å². The lowest BCUT2D eigenvalue weighted by atomic mass is 9.94. The number of hydrogen-bond acceptors (Lipinski definition) is 10. The molecule has 9 aromatic rings. The van der Waals surface area contributed by atoms with E-state index in [9.17, 15) is 44.0 Å². The van der Waals surface area contributed by atoms with Gasteiger partial charge in [-0.25, -0.2) is 53.4 Å². The number of nitrogens with zero attached hydrogens (tertiary/aromatic N) is 5. The molecule has 0 spiro atoms. The highest BCUT2D eigenvalue weighted by molar-refractivity contribution is 7.90. The predicted octanol–water partition coefficient (Wildman–Crippen LogP) is 10.4.